The molecule has 7 heteroatoms. The Hall–Kier alpha value is -0.930. The molecule has 1 unspecified atom stereocenters. The molecule has 1 atom stereocenters. The van der Waals surface area contributed by atoms with Crippen molar-refractivity contribution in [3.63, 3.8) is 0 Å². The van der Waals surface area contributed by atoms with E-state index in [1.54, 1.807) is 0 Å². The Balaban J connectivity index is 3.18. The quantitative estimate of drug-likeness (QED) is 0.647. The summed E-state index contributed by atoms with van der Waals surface area (Å²) in [5.41, 5.74) is 5.82. The van der Waals surface area contributed by atoms with Crippen molar-refractivity contribution in [1.82, 2.24) is 4.72 Å². The molecule has 4 nitrogen and oxygen atoms in total. The van der Waals surface area contributed by atoms with Crippen molar-refractivity contribution in [3.05, 3.63) is 22.2 Å². The summed E-state index contributed by atoms with van der Waals surface area (Å²) in [5, 5.41) is -0.0745. The Morgan fingerprint density at radius 1 is 1.42 bits per heavy atom. The number of hydrogen-bond donors (Lipinski definition) is 2. The zero-order valence-corrected chi connectivity index (χ0v) is 12.6. The Bertz CT molecular complexity index is 586. The van der Waals surface area contributed by atoms with Gasteiger partial charge in [-0.2, -0.15) is 4.72 Å². The number of nitrogen functional groups attached to an aromatic ring is 1. The van der Waals surface area contributed by atoms with Crippen molar-refractivity contribution >= 4 is 38.9 Å². The molecule has 0 fully saturated rings. The van der Waals surface area contributed by atoms with Gasteiger partial charge >= 0.3 is 0 Å². The second-order valence-corrected chi connectivity index (χ2v) is 6.41. The SMILES string of the molecule is C#CC(CCC)NS(=O)(=O)c1c(Cl)cc(N)cc1Cl. The van der Waals surface area contributed by atoms with Crippen LogP contribution in [0.4, 0.5) is 5.69 Å². The zero-order valence-electron chi connectivity index (χ0n) is 10.3. The van der Waals surface area contributed by atoms with Crippen LogP contribution in [-0.4, -0.2) is 14.5 Å². The van der Waals surface area contributed by atoms with Gasteiger partial charge in [0, 0.05) is 5.69 Å². The minimum atomic E-state index is -3.88. The van der Waals surface area contributed by atoms with E-state index in [0.29, 0.717) is 6.42 Å². The van der Waals surface area contributed by atoms with Crippen LogP contribution in [0.1, 0.15) is 19.8 Å². The van der Waals surface area contributed by atoms with Gasteiger partial charge in [0.2, 0.25) is 10.0 Å². The zero-order chi connectivity index (χ0) is 14.6. The van der Waals surface area contributed by atoms with E-state index in [0.717, 1.165) is 6.42 Å². The summed E-state index contributed by atoms with van der Waals surface area (Å²) in [7, 11) is -3.88. The maximum Gasteiger partial charge on any atom is 0.244 e. The second-order valence-electron chi connectivity index (χ2n) is 3.94. The number of nitrogens with two attached hydrogens (primary N) is 1. The maximum absolute atomic E-state index is 12.2. The van der Waals surface area contributed by atoms with Crippen molar-refractivity contribution in [2.45, 2.75) is 30.7 Å². The number of anilines is 1. The Kier molecular flexibility index (Phi) is 5.50. The summed E-state index contributed by atoms with van der Waals surface area (Å²) in [6, 6.07) is 2.05. The van der Waals surface area contributed by atoms with Gasteiger partial charge < -0.3 is 5.73 Å². The summed E-state index contributed by atoms with van der Waals surface area (Å²) in [6.07, 6.45) is 6.56. The molecular weight excluding hydrogens is 307 g/mol. The van der Waals surface area contributed by atoms with Crippen molar-refractivity contribution in [1.29, 1.82) is 0 Å². The highest BCUT2D eigenvalue weighted by atomic mass is 35.5. The monoisotopic (exact) mass is 320 g/mol. The Morgan fingerprint density at radius 2 is 1.95 bits per heavy atom. The molecule has 1 aromatic rings. The van der Waals surface area contributed by atoms with Crippen LogP contribution < -0.4 is 10.5 Å². The van der Waals surface area contributed by atoms with Crippen molar-refractivity contribution in [3.8, 4) is 12.3 Å². The molecule has 104 valence electrons. The summed E-state index contributed by atoms with van der Waals surface area (Å²) in [6.45, 7) is 1.90. The molecule has 0 aliphatic heterocycles. The molecule has 1 aromatic carbocycles. The fourth-order valence-corrected chi connectivity index (χ4v) is 3.97. The standard InChI is InChI=1S/C12H14Cl2N2O2S/c1-3-5-9(4-2)16-19(17,18)12-10(13)6-8(15)7-11(12)14/h2,6-7,9,16H,3,5,15H2,1H3. The highest BCUT2D eigenvalue weighted by Gasteiger charge is 2.24. The molecule has 0 aliphatic rings. The third-order valence-corrected chi connectivity index (χ3v) is 4.76. The number of terminal acetylenes is 1. The van der Waals surface area contributed by atoms with Crippen molar-refractivity contribution in [2.24, 2.45) is 0 Å². The number of benzene rings is 1. The highest BCUT2D eigenvalue weighted by molar-refractivity contribution is 7.89. The lowest BCUT2D eigenvalue weighted by Gasteiger charge is -2.14. The van der Waals surface area contributed by atoms with E-state index in [2.05, 4.69) is 10.6 Å². The maximum atomic E-state index is 12.2. The van der Waals surface area contributed by atoms with Crippen LogP contribution >= 0.6 is 23.2 Å². The van der Waals surface area contributed by atoms with Gasteiger partial charge in [0.25, 0.3) is 0 Å². The normalized spacial score (nSPS) is 12.9. The van der Waals surface area contributed by atoms with Gasteiger partial charge in [-0.05, 0) is 18.6 Å². The first-order valence-electron chi connectivity index (χ1n) is 5.54. The minimum Gasteiger partial charge on any atom is -0.399 e. The molecule has 0 aliphatic carbocycles. The number of sulfonamides is 1. The van der Waals surface area contributed by atoms with Crippen molar-refractivity contribution in [2.75, 3.05) is 5.73 Å². The van der Waals surface area contributed by atoms with Crippen LogP contribution in [0, 0.1) is 12.3 Å². The van der Waals surface area contributed by atoms with Gasteiger partial charge in [-0.25, -0.2) is 8.42 Å². The molecule has 0 saturated carbocycles. The Labute approximate surface area is 123 Å². The Morgan fingerprint density at radius 3 is 2.37 bits per heavy atom. The molecule has 19 heavy (non-hydrogen) atoms. The molecule has 3 N–H and O–H groups in total. The van der Waals surface area contributed by atoms with Crippen LogP contribution in [-0.2, 0) is 10.0 Å². The predicted octanol–water partition coefficient (Wildman–Crippen LogP) is 2.66. The summed E-state index contributed by atoms with van der Waals surface area (Å²) >= 11 is 11.8. The molecular formula is C12H14Cl2N2O2S. The van der Waals surface area contributed by atoms with Crippen molar-refractivity contribution < 1.29 is 8.42 Å². The average molecular weight is 321 g/mol. The first-order chi connectivity index (χ1) is 8.81. The summed E-state index contributed by atoms with van der Waals surface area (Å²) < 4.78 is 26.8. The molecule has 0 bridgehead atoms. The van der Waals surface area contributed by atoms with Gasteiger partial charge in [0.15, 0.2) is 0 Å². The second kappa shape index (κ2) is 6.49. The number of hydrogen-bond acceptors (Lipinski definition) is 3. The molecule has 0 spiro atoms. The summed E-state index contributed by atoms with van der Waals surface area (Å²) in [5.74, 6) is 2.38. The van der Waals surface area contributed by atoms with Crippen LogP contribution in [0.25, 0.3) is 0 Å². The van der Waals surface area contributed by atoms with E-state index in [-0.39, 0.29) is 20.6 Å². The first-order valence-corrected chi connectivity index (χ1v) is 7.78. The third-order valence-electron chi connectivity index (χ3n) is 2.37. The fourth-order valence-electron chi connectivity index (χ4n) is 1.55. The number of rotatable bonds is 5. The topological polar surface area (TPSA) is 72.2 Å². The van der Waals surface area contributed by atoms with E-state index in [1.165, 1.54) is 12.1 Å². The van der Waals surface area contributed by atoms with Gasteiger partial charge in [-0.1, -0.05) is 42.5 Å². The van der Waals surface area contributed by atoms with Crippen LogP contribution in [0.5, 0.6) is 0 Å². The van der Waals surface area contributed by atoms with Gasteiger partial charge in [0.1, 0.15) is 4.90 Å². The molecule has 0 amide bonds. The lowest BCUT2D eigenvalue weighted by Crippen LogP contribution is -2.34. The van der Waals surface area contributed by atoms with Gasteiger partial charge in [-0.3, -0.25) is 0 Å². The van der Waals surface area contributed by atoms with E-state index in [4.69, 9.17) is 35.4 Å². The molecule has 0 radical (unpaired) electrons. The number of nitrogens with one attached hydrogen (secondary N) is 1. The van der Waals surface area contributed by atoms with E-state index >= 15 is 0 Å². The largest absolute Gasteiger partial charge is 0.399 e. The minimum absolute atomic E-state index is 0.0373. The lowest BCUT2D eigenvalue weighted by atomic mass is 10.2. The molecule has 0 saturated heterocycles. The molecule has 1 rings (SSSR count). The molecule has 0 heterocycles. The highest BCUT2D eigenvalue weighted by Crippen LogP contribution is 2.31. The summed E-state index contributed by atoms with van der Waals surface area (Å²) in [4.78, 5) is -0.207. The number of halogens is 2. The average Bonchev–Trinajstić information content (AvgIpc) is 2.25. The van der Waals surface area contributed by atoms with Gasteiger partial charge in [-0.15, -0.1) is 6.42 Å². The van der Waals surface area contributed by atoms with Crippen LogP contribution in [0.3, 0.4) is 0 Å². The van der Waals surface area contributed by atoms with Crippen LogP contribution in [0.2, 0.25) is 10.0 Å². The van der Waals surface area contributed by atoms with Crippen LogP contribution in [0.15, 0.2) is 17.0 Å². The van der Waals surface area contributed by atoms with E-state index < -0.39 is 16.1 Å². The first kappa shape index (κ1) is 16.1. The molecule has 0 aromatic heterocycles. The van der Waals surface area contributed by atoms with E-state index in [9.17, 15) is 8.42 Å². The third kappa shape index (κ3) is 4.02. The predicted molar refractivity (Wildman–Crippen MR) is 78.7 cm³/mol. The van der Waals surface area contributed by atoms with E-state index in [1.807, 2.05) is 6.92 Å². The fraction of sp³-hybridized carbons (Fsp3) is 0.333. The van der Waals surface area contributed by atoms with Gasteiger partial charge in [0.05, 0.1) is 16.1 Å². The smallest absolute Gasteiger partial charge is 0.244 e. The lowest BCUT2D eigenvalue weighted by molar-refractivity contribution is 0.564.